The predicted molar refractivity (Wildman–Crippen MR) is 63.1 cm³/mol. The lowest BCUT2D eigenvalue weighted by Crippen LogP contribution is -2.33. The molecule has 0 amide bonds. The van der Waals surface area contributed by atoms with Crippen LogP contribution in [0.1, 0.15) is 49.3 Å². The number of hydrogen-bond acceptors (Lipinski definition) is 1. The largest absolute Gasteiger partial charge is 0.312 e. The van der Waals surface area contributed by atoms with Gasteiger partial charge in [0.25, 0.3) is 0 Å². The van der Waals surface area contributed by atoms with E-state index in [0.717, 1.165) is 6.54 Å². The Morgan fingerprint density at radius 3 is 2.73 bits per heavy atom. The molecule has 1 aromatic carbocycles. The van der Waals surface area contributed by atoms with Gasteiger partial charge in [0.15, 0.2) is 0 Å². The maximum absolute atomic E-state index is 3.56. The summed E-state index contributed by atoms with van der Waals surface area (Å²) in [6.07, 6.45) is 2.77. The summed E-state index contributed by atoms with van der Waals surface area (Å²) in [7, 11) is 0. The fourth-order valence-electron chi connectivity index (χ4n) is 2.77. The molecule has 1 saturated carbocycles. The summed E-state index contributed by atoms with van der Waals surface area (Å²) in [5.41, 5.74) is 5.19. The van der Waals surface area contributed by atoms with Crippen LogP contribution in [0.4, 0.5) is 0 Å². The average molecular weight is 201 g/mol. The van der Waals surface area contributed by atoms with Crippen LogP contribution in [-0.2, 0) is 12.0 Å². The van der Waals surface area contributed by atoms with Gasteiger partial charge in [-0.15, -0.1) is 0 Å². The molecular formula is C14H19N. The van der Waals surface area contributed by atoms with Crippen LogP contribution < -0.4 is 5.32 Å². The van der Waals surface area contributed by atoms with Crippen molar-refractivity contribution in [3.8, 4) is 0 Å². The zero-order valence-corrected chi connectivity index (χ0v) is 9.64. The summed E-state index contributed by atoms with van der Waals surface area (Å²) in [6.45, 7) is 6.80. The van der Waals surface area contributed by atoms with Gasteiger partial charge in [-0.2, -0.15) is 0 Å². The quantitative estimate of drug-likeness (QED) is 0.736. The van der Waals surface area contributed by atoms with Crippen molar-refractivity contribution in [2.45, 2.75) is 44.6 Å². The van der Waals surface area contributed by atoms with Crippen molar-refractivity contribution in [2.75, 3.05) is 6.54 Å². The Labute approximate surface area is 91.9 Å². The van der Waals surface area contributed by atoms with Crippen LogP contribution in [0.15, 0.2) is 18.2 Å². The van der Waals surface area contributed by atoms with Gasteiger partial charge in [-0.1, -0.05) is 32.0 Å². The standard InChI is InChI=1S/C14H19N/c1-10(2)11-3-4-13-12(7-11)8-15-9-14(13)5-6-14/h3-4,7,10,15H,5-6,8-9H2,1-2H3. The van der Waals surface area contributed by atoms with E-state index in [2.05, 4.69) is 37.4 Å². The zero-order valence-electron chi connectivity index (χ0n) is 9.64. The van der Waals surface area contributed by atoms with Gasteiger partial charge in [-0.3, -0.25) is 0 Å². The molecule has 80 valence electrons. The summed E-state index contributed by atoms with van der Waals surface area (Å²) < 4.78 is 0. The minimum atomic E-state index is 0.531. The molecule has 3 rings (SSSR count). The van der Waals surface area contributed by atoms with Gasteiger partial charge >= 0.3 is 0 Å². The summed E-state index contributed by atoms with van der Waals surface area (Å²) >= 11 is 0. The lowest BCUT2D eigenvalue weighted by Gasteiger charge is -2.27. The Bertz CT molecular complexity index is 388. The van der Waals surface area contributed by atoms with Gasteiger partial charge in [-0.25, -0.2) is 0 Å². The first-order valence-corrected chi connectivity index (χ1v) is 6.05. The average Bonchev–Trinajstić information content (AvgIpc) is 2.98. The van der Waals surface area contributed by atoms with Crippen LogP contribution in [-0.4, -0.2) is 6.54 Å². The van der Waals surface area contributed by atoms with Crippen LogP contribution in [0.25, 0.3) is 0 Å². The Morgan fingerprint density at radius 1 is 1.27 bits per heavy atom. The molecule has 1 aliphatic carbocycles. The zero-order chi connectivity index (χ0) is 10.5. The molecule has 0 saturated heterocycles. The second-order valence-corrected chi connectivity index (χ2v) is 5.46. The van der Waals surface area contributed by atoms with Crippen molar-refractivity contribution in [3.63, 3.8) is 0 Å². The molecule has 1 N–H and O–H groups in total. The lowest BCUT2D eigenvalue weighted by atomic mass is 9.85. The van der Waals surface area contributed by atoms with Crippen LogP contribution in [0.5, 0.6) is 0 Å². The van der Waals surface area contributed by atoms with E-state index in [1.807, 2.05) is 0 Å². The lowest BCUT2D eigenvalue weighted by molar-refractivity contribution is 0.530. The molecule has 0 atom stereocenters. The van der Waals surface area contributed by atoms with E-state index in [1.165, 1.54) is 24.9 Å². The second-order valence-electron chi connectivity index (χ2n) is 5.46. The van der Waals surface area contributed by atoms with Gasteiger partial charge in [0.2, 0.25) is 0 Å². The molecule has 1 aliphatic heterocycles. The third-order valence-electron chi connectivity index (χ3n) is 4.00. The number of fused-ring (bicyclic) bond motifs is 2. The van der Waals surface area contributed by atoms with E-state index in [4.69, 9.17) is 0 Å². The Hall–Kier alpha value is -0.820. The van der Waals surface area contributed by atoms with Crippen LogP contribution >= 0.6 is 0 Å². The topological polar surface area (TPSA) is 12.0 Å². The molecule has 1 heteroatoms. The summed E-state index contributed by atoms with van der Waals surface area (Å²) in [5, 5.41) is 3.56. The van der Waals surface area contributed by atoms with Crippen molar-refractivity contribution in [3.05, 3.63) is 34.9 Å². The molecule has 1 spiro atoms. The highest BCUT2D eigenvalue weighted by molar-refractivity contribution is 5.43. The first-order chi connectivity index (χ1) is 7.21. The number of hydrogen-bond donors (Lipinski definition) is 1. The maximum Gasteiger partial charge on any atom is 0.0208 e. The minimum Gasteiger partial charge on any atom is -0.312 e. The van der Waals surface area contributed by atoms with E-state index in [0.29, 0.717) is 11.3 Å². The monoisotopic (exact) mass is 201 g/mol. The minimum absolute atomic E-state index is 0.531. The third kappa shape index (κ3) is 1.41. The molecule has 0 radical (unpaired) electrons. The molecular weight excluding hydrogens is 182 g/mol. The second kappa shape index (κ2) is 3.08. The van der Waals surface area contributed by atoms with Gasteiger partial charge in [-0.05, 0) is 35.4 Å². The fraction of sp³-hybridized carbons (Fsp3) is 0.571. The number of rotatable bonds is 1. The van der Waals surface area contributed by atoms with E-state index in [1.54, 1.807) is 11.1 Å². The number of nitrogens with one attached hydrogen (secondary N) is 1. The Balaban J connectivity index is 2.05. The Kier molecular flexibility index (Phi) is 1.93. The van der Waals surface area contributed by atoms with E-state index >= 15 is 0 Å². The number of benzene rings is 1. The molecule has 1 heterocycles. The van der Waals surface area contributed by atoms with Crippen molar-refractivity contribution in [2.24, 2.45) is 0 Å². The van der Waals surface area contributed by atoms with Crippen LogP contribution in [0.2, 0.25) is 0 Å². The first-order valence-electron chi connectivity index (χ1n) is 6.05. The van der Waals surface area contributed by atoms with E-state index in [9.17, 15) is 0 Å². The molecule has 2 aliphatic rings. The van der Waals surface area contributed by atoms with Crippen LogP contribution in [0, 0.1) is 0 Å². The molecule has 0 unspecified atom stereocenters. The van der Waals surface area contributed by atoms with Crippen molar-refractivity contribution in [1.29, 1.82) is 0 Å². The summed E-state index contributed by atoms with van der Waals surface area (Å²) in [6, 6.07) is 7.12. The Morgan fingerprint density at radius 2 is 2.07 bits per heavy atom. The molecule has 1 fully saturated rings. The summed E-state index contributed by atoms with van der Waals surface area (Å²) in [4.78, 5) is 0. The van der Waals surface area contributed by atoms with E-state index in [-0.39, 0.29) is 0 Å². The SMILES string of the molecule is CC(C)c1ccc2c(c1)CNCC21CC1. The highest BCUT2D eigenvalue weighted by Crippen LogP contribution is 2.50. The first kappa shape index (κ1) is 9.41. The van der Waals surface area contributed by atoms with Crippen molar-refractivity contribution < 1.29 is 0 Å². The van der Waals surface area contributed by atoms with E-state index < -0.39 is 0 Å². The summed E-state index contributed by atoms with van der Waals surface area (Å²) in [5.74, 6) is 0.646. The highest BCUT2D eigenvalue weighted by atomic mass is 14.9. The maximum atomic E-state index is 3.56. The van der Waals surface area contributed by atoms with Crippen LogP contribution in [0.3, 0.4) is 0 Å². The van der Waals surface area contributed by atoms with Gasteiger partial charge in [0.05, 0.1) is 0 Å². The normalized spacial score (nSPS) is 21.8. The third-order valence-corrected chi connectivity index (χ3v) is 4.00. The predicted octanol–water partition coefficient (Wildman–Crippen LogP) is 2.94. The van der Waals surface area contributed by atoms with Crippen molar-refractivity contribution in [1.82, 2.24) is 5.32 Å². The van der Waals surface area contributed by atoms with Crippen molar-refractivity contribution >= 4 is 0 Å². The van der Waals surface area contributed by atoms with Gasteiger partial charge < -0.3 is 5.32 Å². The molecule has 0 aromatic heterocycles. The smallest absolute Gasteiger partial charge is 0.0208 e. The van der Waals surface area contributed by atoms with Gasteiger partial charge in [0, 0.05) is 18.5 Å². The van der Waals surface area contributed by atoms with Gasteiger partial charge in [0.1, 0.15) is 0 Å². The molecule has 0 bridgehead atoms. The molecule has 15 heavy (non-hydrogen) atoms. The highest BCUT2D eigenvalue weighted by Gasteiger charge is 2.46. The molecule has 1 nitrogen and oxygen atoms in total. The molecule has 1 aromatic rings. The fourth-order valence-corrected chi connectivity index (χ4v) is 2.77.